The lowest BCUT2D eigenvalue weighted by molar-refractivity contribution is 0.212. The molecule has 1 aliphatic rings. The van der Waals surface area contributed by atoms with Crippen LogP contribution in [0.1, 0.15) is 18.4 Å². The minimum Gasteiger partial charge on any atom is -0.394 e. The smallest absolute Gasteiger partial charge is 0.315 e. The van der Waals surface area contributed by atoms with Crippen LogP contribution in [0.5, 0.6) is 0 Å². The van der Waals surface area contributed by atoms with Crippen molar-refractivity contribution in [3.8, 4) is 0 Å². The number of nitrogens with one attached hydrogen (secondary N) is 2. The molecule has 1 aromatic carbocycles. The highest BCUT2D eigenvalue weighted by atomic mass is 32.2. The Morgan fingerprint density at radius 2 is 2.00 bits per heavy atom. The van der Waals surface area contributed by atoms with Gasteiger partial charge in [0.2, 0.25) is 0 Å². The third-order valence-electron chi connectivity index (χ3n) is 3.44. The van der Waals surface area contributed by atoms with E-state index in [0.717, 1.165) is 29.9 Å². The second-order valence-electron chi connectivity index (χ2n) is 5.07. The summed E-state index contributed by atoms with van der Waals surface area (Å²) in [5.74, 6) is 2.22. The van der Waals surface area contributed by atoms with Gasteiger partial charge in [0.25, 0.3) is 0 Å². The Morgan fingerprint density at radius 3 is 2.65 bits per heavy atom. The fourth-order valence-electron chi connectivity index (χ4n) is 2.31. The van der Waals surface area contributed by atoms with Gasteiger partial charge in [-0.05, 0) is 36.3 Å². The zero-order valence-electron chi connectivity index (χ0n) is 11.5. The molecule has 1 atom stereocenters. The normalized spacial score (nSPS) is 17.4. The minimum atomic E-state index is -0.240. The molecular weight excluding hydrogens is 272 g/mol. The monoisotopic (exact) mass is 294 g/mol. The molecule has 0 spiro atoms. The number of aliphatic hydroxyl groups excluding tert-OH is 1. The number of hydrogen-bond donors (Lipinski definition) is 3. The van der Waals surface area contributed by atoms with Crippen molar-refractivity contribution >= 4 is 17.8 Å². The molecule has 1 heterocycles. The van der Waals surface area contributed by atoms with Crippen molar-refractivity contribution in [1.29, 1.82) is 0 Å². The van der Waals surface area contributed by atoms with Gasteiger partial charge in [0, 0.05) is 6.04 Å². The van der Waals surface area contributed by atoms with Gasteiger partial charge in [-0.3, -0.25) is 0 Å². The van der Waals surface area contributed by atoms with Crippen LogP contribution in [0.4, 0.5) is 4.79 Å². The van der Waals surface area contributed by atoms with Gasteiger partial charge < -0.3 is 15.7 Å². The maximum absolute atomic E-state index is 11.9. The maximum Gasteiger partial charge on any atom is 0.315 e. The van der Waals surface area contributed by atoms with Crippen molar-refractivity contribution in [3.05, 3.63) is 35.9 Å². The van der Waals surface area contributed by atoms with Crippen LogP contribution in [-0.2, 0) is 6.42 Å². The molecule has 1 fully saturated rings. The summed E-state index contributed by atoms with van der Waals surface area (Å²) < 4.78 is 0. The molecule has 0 saturated carbocycles. The van der Waals surface area contributed by atoms with Crippen LogP contribution in [0.25, 0.3) is 0 Å². The largest absolute Gasteiger partial charge is 0.394 e. The first-order chi connectivity index (χ1) is 9.78. The molecule has 110 valence electrons. The molecule has 0 unspecified atom stereocenters. The van der Waals surface area contributed by atoms with Crippen molar-refractivity contribution in [2.75, 3.05) is 18.1 Å². The first kappa shape index (κ1) is 15.2. The summed E-state index contributed by atoms with van der Waals surface area (Å²) in [5, 5.41) is 15.2. The van der Waals surface area contributed by atoms with E-state index in [1.807, 2.05) is 42.1 Å². The van der Waals surface area contributed by atoms with Gasteiger partial charge in [-0.1, -0.05) is 30.3 Å². The SMILES string of the molecule is O=C(NC1CCSCC1)N[C@H](CO)Cc1ccccc1. The molecule has 0 aliphatic carbocycles. The van der Waals surface area contributed by atoms with Crippen LogP contribution >= 0.6 is 11.8 Å². The third kappa shape index (κ3) is 5.06. The van der Waals surface area contributed by atoms with Crippen LogP contribution in [0, 0.1) is 0 Å². The summed E-state index contributed by atoms with van der Waals surface area (Å²) in [4.78, 5) is 11.9. The number of carbonyl (C=O) groups excluding carboxylic acids is 1. The zero-order valence-corrected chi connectivity index (χ0v) is 12.4. The quantitative estimate of drug-likeness (QED) is 0.776. The van der Waals surface area contributed by atoms with E-state index in [4.69, 9.17) is 0 Å². The van der Waals surface area contributed by atoms with E-state index in [2.05, 4.69) is 10.6 Å². The first-order valence-corrected chi connectivity index (χ1v) is 8.23. The van der Waals surface area contributed by atoms with Crippen LogP contribution in [0.3, 0.4) is 0 Å². The highest BCUT2D eigenvalue weighted by molar-refractivity contribution is 7.99. The van der Waals surface area contributed by atoms with Gasteiger partial charge in [0.05, 0.1) is 12.6 Å². The van der Waals surface area contributed by atoms with Gasteiger partial charge in [-0.2, -0.15) is 11.8 Å². The van der Waals surface area contributed by atoms with E-state index < -0.39 is 0 Å². The van der Waals surface area contributed by atoms with Gasteiger partial charge in [-0.15, -0.1) is 0 Å². The van der Waals surface area contributed by atoms with Crippen molar-refractivity contribution in [2.24, 2.45) is 0 Å². The number of amides is 2. The van der Waals surface area contributed by atoms with Crippen LogP contribution in [0.2, 0.25) is 0 Å². The van der Waals surface area contributed by atoms with E-state index in [1.165, 1.54) is 0 Å². The van der Waals surface area contributed by atoms with E-state index in [-0.39, 0.29) is 24.7 Å². The summed E-state index contributed by atoms with van der Waals surface area (Å²) in [5.41, 5.74) is 1.11. The number of carbonyl (C=O) groups is 1. The second kappa shape index (κ2) is 8.17. The lowest BCUT2D eigenvalue weighted by Crippen LogP contribution is -2.49. The van der Waals surface area contributed by atoms with E-state index >= 15 is 0 Å². The molecule has 2 rings (SSSR count). The van der Waals surface area contributed by atoms with Crippen molar-refractivity contribution in [3.63, 3.8) is 0 Å². The van der Waals surface area contributed by atoms with Crippen molar-refractivity contribution in [2.45, 2.75) is 31.3 Å². The lowest BCUT2D eigenvalue weighted by Gasteiger charge is -2.24. The predicted molar refractivity (Wildman–Crippen MR) is 83.0 cm³/mol. The molecule has 3 N–H and O–H groups in total. The van der Waals surface area contributed by atoms with Crippen molar-refractivity contribution in [1.82, 2.24) is 10.6 Å². The molecule has 0 aromatic heterocycles. The van der Waals surface area contributed by atoms with E-state index in [0.29, 0.717) is 6.42 Å². The summed E-state index contributed by atoms with van der Waals surface area (Å²) >= 11 is 1.93. The Morgan fingerprint density at radius 1 is 1.30 bits per heavy atom. The van der Waals surface area contributed by atoms with Crippen LogP contribution < -0.4 is 10.6 Å². The molecule has 5 heteroatoms. The van der Waals surface area contributed by atoms with Gasteiger partial charge in [0.15, 0.2) is 0 Å². The molecule has 1 saturated heterocycles. The Balaban J connectivity index is 1.78. The molecule has 0 radical (unpaired) electrons. The number of rotatable bonds is 5. The Bertz CT molecular complexity index is 408. The summed E-state index contributed by atoms with van der Waals surface area (Å²) in [7, 11) is 0. The van der Waals surface area contributed by atoms with Crippen LogP contribution in [-0.4, -0.2) is 41.3 Å². The predicted octanol–water partition coefficient (Wildman–Crippen LogP) is 1.78. The standard InChI is InChI=1S/C15H22N2O2S/c18-11-14(10-12-4-2-1-3-5-12)17-15(19)16-13-6-8-20-9-7-13/h1-5,13-14,18H,6-11H2,(H2,16,17,19)/t14-/m0/s1. The summed E-state index contributed by atoms with van der Waals surface area (Å²) in [6, 6.07) is 9.74. The molecule has 20 heavy (non-hydrogen) atoms. The topological polar surface area (TPSA) is 61.4 Å². The fraction of sp³-hybridized carbons (Fsp3) is 0.533. The van der Waals surface area contributed by atoms with Crippen LogP contribution in [0.15, 0.2) is 30.3 Å². The third-order valence-corrected chi connectivity index (χ3v) is 4.49. The average molecular weight is 294 g/mol. The van der Waals surface area contributed by atoms with Crippen molar-refractivity contribution < 1.29 is 9.90 Å². The summed E-state index contributed by atoms with van der Waals surface area (Å²) in [6.45, 7) is -0.0527. The molecule has 4 nitrogen and oxygen atoms in total. The Hall–Kier alpha value is -1.20. The van der Waals surface area contributed by atoms with Gasteiger partial charge in [-0.25, -0.2) is 4.79 Å². The number of aliphatic hydroxyl groups is 1. The second-order valence-corrected chi connectivity index (χ2v) is 6.30. The maximum atomic E-state index is 11.9. The minimum absolute atomic E-state index is 0.0527. The molecule has 0 bridgehead atoms. The molecule has 2 amide bonds. The molecule has 1 aliphatic heterocycles. The molecule has 1 aromatic rings. The summed E-state index contributed by atoms with van der Waals surface area (Å²) in [6.07, 6.45) is 2.70. The average Bonchev–Trinajstić information content (AvgIpc) is 2.48. The number of urea groups is 1. The number of benzene rings is 1. The number of thioether (sulfide) groups is 1. The Kier molecular flexibility index (Phi) is 6.21. The van der Waals surface area contributed by atoms with E-state index in [9.17, 15) is 9.90 Å². The number of hydrogen-bond acceptors (Lipinski definition) is 3. The lowest BCUT2D eigenvalue weighted by atomic mass is 10.1. The highest BCUT2D eigenvalue weighted by Gasteiger charge is 2.18. The zero-order chi connectivity index (χ0) is 14.2. The van der Waals surface area contributed by atoms with Gasteiger partial charge >= 0.3 is 6.03 Å². The van der Waals surface area contributed by atoms with E-state index in [1.54, 1.807) is 0 Å². The first-order valence-electron chi connectivity index (χ1n) is 7.07. The molecular formula is C15H22N2O2S. The van der Waals surface area contributed by atoms with Gasteiger partial charge in [0.1, 0.15) is 0 Å². The highest BCUT2D eigenvalue weighted by Crippen LogP contribution is 2.16. The fourth-order valence-corrected chi connectivity index (χ4v) is 3.42. The Labute approximate surface area is 124 Å².